The molecule has 3 nitrogen and oxygen atoms in total. The van der Waals surface area contributed by atoms with E-state index in [9.17, 15) is 0 Å². The van der Waals surface area contributed by atoms with Crippen LogP contribution in [0.4, 0.5) is 0 Å². The lowest BCUT2D eigenvalue weighted by Gasteiger charge is -2.01. The first-order valence-corrected chi connectivity index (χ1v) is 6.36. The molecule has 4 heteroatoms. The second-order valence-corrected chi connectivity index (χ2v) is 5.42. The minimum absolute atomic E-state index is 0.967. The van der Waals surface area contributed by atoms with Gasteiger partial charge in [0.2, 0.25) is 0 Å². The van der Waals surface area contributed by atoms with Gasteiger partial charge in [-0.25, -0.2) is 9.67 Å². The molecule has 0 fully saturated rings. The zero-order valence-electron chi connectivity index (χ0n) is 10.1. The van der Waals surface area contributed by atoms with Crippen LogP contribution in [0.5, 0.6) is 0 Å². The van der Waals surface area contributed by atoms with Crippen LogP contribution in [0.15, 0.2) is 24.3 Å². The number of nitrogens with zero attached hydrogens (tertiary/aromatic N) is 3. The molecule has 3 rings (SSSR count). The van der Waals surface area contributed by atoms with Crippen molar-refractivity contribution in [2.75, 3.05) is 0 Å². The number of hydrogen-bond donors (Lipinski definition) is 0. The topological polar surface area (TPSA) is 30.7 Å². The lowest BCUT2D eigenvalue weighted by Crippen LogP contribution is -1.97. The van der Waals surface area contributed by atoms with Crippen molar-refractivity contribution in [2.45, 2.75) is 20.8 Å². The second kappa shape index (κ2) is 3.67. The molecule has 0 aliphatic rings. The van der Waals surface area contributed by atoms with Crippen LogP contribution in [0.25, 0.3) is 16.0 Å². The molecule has 0 unspecified atom stereocenters. The van der Waals surface area contributed by atoms with E-state index in [0.717, 1.165) is 22.0 Å². The van der Waals surface area contributed by atoms with E-state index in [2.05, 4.69) is 41.3 Å². The summed E-state index contributed by atoms with van der Waals surface area (Å²) in [5.74, 6) is 0. The normalized spacial score (nSPS) is 11.2. The van der Waals surface area contributed by atoms with Crippen molar-refractivity contribution >= 4 is 21.7 Å². The van der Waals surface area contributed by atoms with Crippen LogP contribution in [-0.2, 0) is 0 Å². The average molecular weight is 243 g/mol. The molecule has 3 aromatic rings. The molecule has 0 radical (unpaired) electrons. The van der Waals surface area contributed by atoms with Crippen molar-refractivity contribution in [3.63, 3.8) is 0 Å². The van der Waals surface area contributed by atoms with Crippen LogP contribution in [0.1, 0.15) is 16.3 Å². The predicted octanol–water partition coefficient (Wildman–Crippen LogP) is 3.41. The molecule has 86 valence electrons. The third-order valence-electron chi connectivity index (χ3n) is 2.77. The Hall–Kier alpha value is -1.68. The molecule has 0 N–H and O–H groups in total. The quantitative estimate of drug-likeness (QED) is 0.655. The van der Waals surface area contributed by atoms with E-state index in [1.807, 2.05) is 18.5 Å². The summed E-state index contributed by atoms with van der Waals surface area (Å²) in [7, 11) is 0. The van der Waals surface area contributed by atoms with Crippen LogP contribution < -0.4 is 0 Å². The monoisotopic (exact) mass is 243 g/mol. The van der Waals surface area contributed by atoms with Crippen molar-refractivity contribution in [3.8, 4) is 5.69 Å². The van der Waals surface area contributed by atoms with Crippen LogP contribution in [0.3, 0.4) is 0 Å². The minimum Gasteiger partial charge on any atom is -0.222 e. The van der Waals surface area contributed by atoms with Crippen LogP contribution >= 0.6 is 11.3 Å². The van der Waals surface area contributed by atoms with E-state index in [0.29, 0.717) is 0 Å². The maximum atomic E-state index is 4.56. The van der Waals surface area contributed by atoms with Gasteiger partial charge in [0.15, 0.2) is 5.65 Å². The summed E-state index contributed by atoms with van der Waals surface area (Å²) in [6.07, 6.45) is 0. The SMILES string of the molecule is Cc1ccc(-n2nc(C)c3sc(C)nc32)cc1. The van der Waals surface area contributed by atoms with Crippen LogP contribution in [0, 0.1) is 20.8 Å². The largest absolute Gasteiger partial charge is 0.222 e. The van der Waals surface area contributed by atoms with Gasteiger partial charge < -0.3 is 0 Å². The molecule has 0 aliphatic carbocycles. The highest BCUT2D eigenvalue weighted by Crippen LogP contribution is 2.26. The molecule has 0 bridgehead atoms. The van der Waals surface area contributed by atoms with E-state index >= 15 is 0 Å². The molecule has 2 aromatic heterocycles. The fourth-order valence-corrected chi connectivity index (χ4v) is 2.74. The fourth-order valence-electron chi connectivity index (χ4n) is 1.90. The van der Waals surface area contributed by atoms with Gasteiger partial charge in [-0.3, -0.25) is 0 Å². The van der Waals surface area contributed by atoms with E-state index in [1.165, 1.54) is 10.3 Å². The molecule has 0 saturated carbocycles. The Bertz CT molecular complexity index is 677. The van der Waals surface area contributed by atoms with E-state index in [-0.39, 0.29) is 0 Å². The maximum absolute atomic E-state index is 4.56. The highest BCUT2D eigenvalue weighted by molar-refractivity contribution is 7.18. The molecule has 0 spiro atoms. The molecular formula is C13H13N3S. The Morgan fingerprint density at radius 3 is 2.47 bits per heavy atom. The third kappa shape index (κ3) is 1.65. The summed E-state index contributed by atoms with van der Waals surface area (Å²) in [5.41, 5.74) is 4.34. The zero-order valence-corrected chi connectivity index (χ0v) is 10.9. The summed E-state index contributed by atoms with van der Waals surface area (Å²) in [6.45, 7) is 6.15. The van der Waals surface area contributed by atoms with Gasteiger partial charge in [-0.15, -0.1) is 11.3 Å². The van der Waals surface area contributed by atoms with Crippen LogP contribution in [0.2, 0.25) is 0 Å². The van der Waals surface area contributed by atoms with Crippen molar-refractivity contribution in [1.29, 1.82) is 0 Å². The summed E-state index contributed by atoms with van der Waals surface area (Å²) in [6, 6.07) is 8.35. The highest BCUT2D eigenvalue weighted by atomic mass is 32.1. The number of aryl methyl sites for hydroxylation is 3. The third-order valence-corrected chi connectivity index (χ3v) is 3.84. The Labute approximate surface area is 104 Å². The number of benzene rings is 1. The lowest BCUT2D eigenvalue weighted by atomic mass is 10.2. The van der Waals surface area contributed by atoms with E-state index in [4.69, 9.17) is 0 Å². The van der Waals surface area contributed by atoms with Gasteiger partial charge in [0, 0.05) is 0 Å². The molecule has 17 heavy (non-hydrogen) atoms. The molecule has 0 atom stereocenters. The Balaban J connectivity index is 2.26. The Morgan fingerprint density at radius 1 is 1.06 bits per heavy atom. The lowest BCUT2D eigenvalue weighted by molar-refractivity contribution is 0.876. The molecule has 0 saturated heterocycles. The number of thiazole rings is 1. The first-order valence-electron chi connectivity index (χ1n) is 5.55. The van der Waals surface area contributed by atoms with Gasteiger partial charge in [0.05, 0.1) is 21.1 Å². The minimum atomic E-state index is 0.967. The number of rotatable bonds is 1. The van der Waals surface area contributed by atoms with Crippen LogP contribution in [-0.4, -0.2) is 14.8 Å². The summed E-state index contributed by atoms with van der Waals surface area (Å²) in [5, 5.41) is 5.64. The Morgan fingerprint density at radius 2 is 1.76 bits per heavy atom. The molecule has 2 heterocycles. The fraction of sp³-hybridized carbons (Fsp3) is 0.231. The summed E-state index contributed by atoms with van der Waals surface area (Å²) < 4.78 is 3.11. The number of aromatic nitrogens is 3. The van der Waals surface area contributed by atoms with Gasteiger partial charge in [0.25, 0.3) is 0 Å². The summed E-state index contributed by atoms with van der Waals surface area (Å²) in [4.78, 5) is 4.55. The number of fused-ring (bicyclic) bond motifs is 1. The first-order chi connectivity index (χ1) is 8.15. The number of hydrogen-bond acceptors (Lipinski definition) is 3. The zero-order chi connectivity index (χ0) is 12.0. The molecule has 1 aromatic carbocycles. The van der Waals surface area contributed by atoms with Crippen molar-refractivity contribution in [3.05, 3.63) is 40.5 Å². The van der Waals surface area contributed by atoms with E-state index < -0.39 is 0 Å². The van der Waals surface area contributed by atoms with Gasteiger partial charge in [-0.05, 0) is 32.9 Å². The highest BCUT2D eigenvalue weighted by Gasteiger charge is 2.12. The van der Waals surface area contributed by atoms with Crippen molar-refractivity contribution in [1.82, 2.24) is 14.8 Å². The first kappa shape index (κ1) is 10.5. The standard InChI is InChI=1S/C13H13N3S/c1-8-4-6-11(7-5-8)16-13-12(9(2)15-16)17-10(3)14-13/h4-7H,1-3H3. The molecule has 0 amide bonds. The summed E-state index contributed by atoms with van der Waals surface area (Å²) >= 11 is 1.70. The van der Waals surface area contributed by atoms with Gasteiger partial charge in [0.1, 0.15) is 0 Å². The molecule has 0 aliphatic heterocycles. The molecular weight excluding hydrogens is 230 g/mol. The predicted molar refractivity (Wildman–Crippen MR) is 71.0 cm³/mol. The smallest absolute Gasteiger partial charge is 0.174 e. The average Bonchev–Trinajstić information content (AvgIpc) is 2.80. The maximum Gasteiger partial charge on any atom is 0.174 e. The van der Waals surface area contributed by atoms with Crippen molar-refractivity contribution < 1.29 is 0 Å². The van der Waals surface area contributed by atoms with Crippen molar-refractivity contribution in [2.24, 2.45) is 0 Å². The van der Waals surface area contributed by atoms with Gasteiger partial charge >= 0.3 is 0 Å². The Kier molecular flexibility index (Phi) is 2.26. The van der Waals surface area contributed by atoms with E-state index in [1.54, 1.807) is 11.3 Å². The second-order valence-electron chi connectivity index (χ2n) is 4.22. The van der Waals surface area contributed by atoms with Gasteiger partial charge in [-0.1, -0.05) is 17.7 Å². The van der Waals surface area contributed by atoms with Gasteiger partial charge in [-0.2, -0.15) is 5.10 Å².